The summed E-state index contributed by atoms with van der Waals surface area (Å²) in [5.41, 5.74) is 0.0248. The molecule has 0 radical (unpaired) electrons. The quantitative estimate of drug-likeness (QED) is 0.890. The van der Waals surface area contributed by atoms with Gasteiger partial charge >= 0.3 is 0 Å². The number of piperidine rings is 1. The number of nitrogens with one attached hydrogen (secondary N) is 1. The molecular formula is C15H26N4. The van der Waals surface area contributed by atoms with Gasteiger partial charge in [-0.15, -0.1) is 10.2 Å². The van der Waals surface area contributed by atoms with Gasteiger partial charge in [-0.25, -0.2) is 0 Å². The van der Waals surface area contributed by atoms with Crippen molar-refractivity contribution in [1.82, 2.24) is 20.1 Å². The Morgan fingerprint density at radius 1 is 1.11 bits per heavy atom. The van der Waals surface area contributed by atoms with Gasteiger partial charge in [0.1, 0.15) is 5.82 Å². The van der Waals surface area contributed by atoms with Gasteiger partial charge in [0.05, 0.1) is 5.54 Å². The van der Waals surface area contributed by atoms with Crippen LogP contribution in [0.25, 0.3) is 0 Å². The topological polar surface area (TPSA) is 42.7 Å². The molecule has 3 rings (SSSR count). The molecule has 2 fully saturated rings. The molecule has 19 heavy (non-hydrogen) atoms. The standard InChI is InChI=1S/C15H26N4/c1-12-17-18-14(15(2)10-6-7-11-16-15)19(12)13-8-4-3-5-9-13/h13,16H,3-11H2,1-2H3. The van der Waals surface area contributed by atoms with E-state index in [1.165, 1.54) is 57.2 Å². The predicted octanol–water partition coefficient (Wildman–Crippen LogP) is 3.08. The lowest BCUT2D eigenvalue weighted by atomic mass is 9.88. The monoisotopic (exact) mass is 262 g/mol. The van der Waals surface area contributed by atoms with Gasteiger partial charge in [0.15, 0.2) is 5.82 Å². The fraction of sp³-hybridized carbons (Fsp3) is 0.867. The molecule has 106 valence electrons. The highest BCUT2D eigenvalue weighted by Gasteiger charge is 2.35. The van der Waals surface area contributed by atoms with Crippen molar-refractivity contribution in [3.8, 4) is 0 Å². The van der Waals surface area contributed by atoms with Crippen LogP contribution in [0.5, 0.6) is 0 Å². The molecule has 0 bridgehead atoms. The van der Waals surface area contributed by atoms with Crippen LogP contribution >= 0.6 is 0 Å². The molecule has 1 aromatic rings. The SMILES string of the molecule is Cc1nnc(C2(C)CCCCN2)n1C1CCCCC1. The third-order valence-corrected chi connectivity index (χ3v) is 4.92. The summed E-state index contributed by atoms with van der Waals surface area (Å²) in [7, 11) is 0. The molecule has 0 aromatic carbocycles. The molecule has 1 unspecified atom stereocenters. The maximum Gasteiger partial charge on any atom is 0.153 e. The molecule has 2 aliphatic rings. The van der Waals surface area contributed by atoms with Crippen LogP contribution in [0.3, 0.4) is 0 Å². The number of aryl methyl sites for hydroxylation is 1. The fourth-order valence-electron chi connectivity index (χ4n) is 3.77. The van der Waals surface area contributed by atoms with E-state index in [2.05, 4.69) is 33.9 Å². The van der Waals surface area contributed by atoms with Crippen molar-refractivity contribution in [1.29, 1.82) is 0 Å². The first-order valence-corrected chi connectivity index (χ1v) is 7.88. The lowest BCUT2D eigenvalue weighted by Crippen LogP contribution is -2.45. The molecule has 1 aliphatic heterocycles. The van der Waals surface area contributed by atoms with Crippen LogP contribution in [0.15, 0.2) is 0 Å². The second-order valence-corrected chi connectivity index (χ2v) is 6.45. The van der Waals surface area contributed by atoms with E-state index in [-0.39, 0.29) is 5.54 Å². The number of rotatable bonds is 2. The minimum Gasteiger partial charge on any atom is -0.311 e. The van der Waals surface area contributed by atoms with Crippen molar-refractivity contribution in [3.05, 3.63) is 11.6 Å². The predicted molar refractivity (Wildman–Crippen MR) is 76.1 cm³/mol. The summed E-state index contributed by atoms with van der Waals surface area (Å²) >= 11 is 0. The highest BCUT2D eigenvalue weighted by molar-refractivity contribution is 5.10. The Bertz CT molecular complexity index is 425. The van der Waals surface area contributed by atoms with Crippen molar-refractivity contribution in [2.75, 3.05) is 6.54 Å². The lowest BCUT2D eigenvalue weighted by molar-refractivity contribution is 0.241. The second-order valence-electron chi connectivity index (χ2n) is 6.45. The summed E-state index contributed by atoms with van der Waals surface area (Å²) in [6.07, 6.45) is 10.4. The molecular weight excluding hydrogens is 236 g/mol. The minimum atomic E-state index is 0.0248. The van der Waals surface area contributed by atoms with E-state index in [9.17, 15) is 0 Å². The maximum atomic E-state index is 4.54. The summed E-state index contributed by atoms with van der Waals surface area (Å²) in [6, 6.07) is 0.624. The number of hydrogen-bond acceptors (Lipinski definition) is 3. The molecule has 1 atom stereocenters. The number of aromatic nitrogens is 3. The van der Waals surface area contributed by atoms with Crippen LogP contribution in [0.2, 0.25) is 0 Å². The Labute approximate surface area is 116 Å². The maximum absolute atomic E-state index is 4.54. The van der Waals surface area contributed by atoms with Gasteiger partial charge in [0.2, 0.25) is 0 Å². The molecule has 4 nitrogen and oxygen atoms in total. The van der Waals surface area contributed by atoms with Crippen LogP contribution in [0.1, 0.15) is 76.0 Å². The average Bonchev–Trinajstić information content (AvgIpc) is 2.83. The zero-order valence-electron chi connectivity index (χ0n) is 12.3. The Hall–Kier alpha value is -0.900. The first kappa shape index (κ1) is 13.1. The first-order chi connectivity index (χ1) is 9.21. The summed E-state index contributed by atoms with van der Waals surface area (Å²) in [4.78, 5) is 0. The smallest absolute Gasteiger partial charge is 0.153 e. The third kappa shape index (κ3) is 2.42. The largest absolute Gasteiger partial charge is 0.311 e. The van der Waals surface area contributed by atoms with Gasteiger partial charge in [-0.05, 0) is 52.5 Å². The summed E-state index contributed by atoms with van der Waals surface area (Å²) in [5, 5.41) is 12.6. The Morgan fingerprint density at radius 3 is 2.58 bits per heavy atom. The van der Waals surface area contributed by atoms with E-state index in [1.807, 2.05) is 0 Å². The van der Waals surface area contributed by atoms with Gasteiger partial charge in [0.25, 0.3) is 0 Å². The number of nitrogens with zero attached hydrogens (tertiary/aromatic N) is 3. The summed E-state index contributed by atoms with van der Waals surface area (Å²) in [6.45, 7) is 5.51. The van der Waals surface area contributed by atoms with Crippen LogP contribution < -0.4 is 5.32 Å². The molecule has 1 N–H and O–H groups in total. The van der Waals surface area contributed by atoms with Crippen LogP contribution in [0.4, 0.5) is 0 Å². The van der Waals surface area contributed by atoms with Gasteiger partial charge < -0.3 is 9.88 Å². The zero-order chi connectivity index (χ0) is 13.3. The number of hydrogen-bond donors (Lipinski definition) is 1. The van der Waals surface area contributed by atoms with Crippen LogP contribution in [0, 0.1) is 6.92 Å². The lowest BCUT2D eigenvalue weighted by Gasteiger charge is -2.36. The van der Waals surface area contributed by atoms with E-state index in [1.54, 1.807) is 0 Å². The summed E-state index contributed by atoms with van der Waals surface area (Å²) < 4.78 is 2.44. The minimum absolute atomic E-state index is 0.0248. The highest BCUT2D eigenvalue weighted by atomic mass is 15.3. The van der Waals surface area contributed by atoms with Gasteiger partial charge in [-0.2, -0.15) is 0 Å². The molecule has 1 aliphatic carbocycles. The summed E-state index contributed by atoms with van der Waals surface area (Å²) in [5.74, 6) is 2.27. The van der Waals surface area contributed by atoms with E-state index in [4.69, 9.17) is 0 Å². The Morgan fingerprint density at radius 2 is 1.89 bits per heavy atom. The Balaban J connectivity index is 1.92. The van der Waals surface area contributed by atoms with Crippen LogP contribution in [-0.2, 0) is 5.54 Å². The molecule has 2 heterocycles. The van der Waals surface area contributed by atoms with E-state index >= 15 is 0 Å². The van der Waals surface area contributed by atoms with E-state index in [0.29, 0.717) is 6.04 Å². The fourth-order valence-corrected chi connectivity index (χ4v) is 3.77. The van der Waals surface area contributed by atoms with Crippen molar-refractivity contribution in [2.24, 2.45) is 0 Å². The molecule has 1 aromatic heterocycles. The molecule has 1 saturated carbocycles. The van der Waals surface area contributed by atoms with Gasteiger partial charge in [-0.3, -0.25) is 0 Å². The average molecular weight is 262 g/mol. The second kappa shape index (κ2) is 5.23. The molecule has 0 spiro atoms. The normalized spacial score (nSPS) is 29.6. The first-order valence-electron chi connectivity index (χ1n) is 7.88. The van der Waals surface area contributed by atoms with E-state index < -0.39 is 0 Å². The van der Waals surface area contributed by atoms with Gasteiger partial charge in [-0.1, -0.05) is 19.3 Å². The van der Waals surface area contributed by atoms with Crippen molar-refractivity contribution >= 4 is 0 Å². The molecule has 0 amide bonds. The Kier molecular flexibility index (Phi) is 3.61. The third-order valence-electron chi connectivity index (χ3n) is 4.92. The van der Waals surface area contributed by atoms with Crippen molar-refractivity contribution in [2.45, 2.75) is 76.8 Å². The zero-order valence-corrected chi connectivity index (χ0v) is 12.3. The molecule has 4 heteroatoms. The van der Waals surface area contributed by atoms with Crippen LogP contribution in [-0.4, -0.2) is 21.3 Å². The van der Waals surface area contributed by atoms with Crippen molar-refractivity contribution in [3.63, 3.8) is 0 Å². The molecule has 1 saturated heterocycles. The highest BCUT2D eigenvalue weighted by Crippen LogP contribution is 2.35. The van der Waals surface area contributed by atoms with Crippen molar-refractivity contribution < 1.29 is 0 Å². The van der Waals surface area contributed by atoms with Gasteiger partial charge in [0, 0.05) is 6.04 Å². The van der Waals surface area contributed by atoms with E-state index in [0.717, 1.165) is 12.4 Å².